The van der Waals surface area contributed by atoms with Crippen molar-refractivity contribution >= 4 is 17.4 Å². The van der Waals surface area contributed by atoms with Crippen LogP contribution in [0.15, 0.2) is 42.5 Å². The van der Waals surface area contributed by atoms with E-state index in [0.29, 0.717) is 28.6 Å². The number of amides is 2. The number of anilines is 2. The van der Waals surface area contributed by atoms with Crippen LogP contribution < -0.4 is 24.8 Å². The lowest BCUT2D eigenvalue weighted by molar-refractivity contribution is 0.262. The molecule has 0 atom stereocenters. The lowest BCUT2D eigenvalue weighted by Crippen LogP contribution is -2.19. The van der Waals surface area contributed by atoms with Crippen molar-refractivity contribution in [2.24, 2.45) is 0 Å². The molecule has 0 spiro atoms. The van der Waals surface area contributed by atoms with Gasteiger partial charge in [0.2, 0.25) is 0 Å². The predicted octanol–water partition coefficient (Wildman–Crippen LogP) is 3.36. The Balaban J connectivity index is 2.11. The second-order valence-corrected chi connectivity index (χ2v) is 4.38. The fourth-order valence-corrected chi connectivity index (χ4v) is 1.90. The molecule has 0 heterocycles. The molecule has 0 aliphatic heterocycles. The van der Waals surface area contributed by atoms with Gasteiger partial charge >= 0.3 is 6.03 Å². The number of carbonyl (C=O) groups excluding carboxylic acids is 1. The molecule has 2 N–H and O–H groups in total. The maximum absolute atomic E-state index is 12.1. The van der Waals surface area contributed by atoms with Crippen molar-refractivity contribution in [2.45, 2.75) is 0 Å². The Labute approximate surface area is 129 Å². The molecule has 2 aromatic carbocycles. The van der Waals surface area contributed by atoms with Gasteiger partial charge in [0.1, 0.15) is 17.2 Å². The monoisotopic (exact) mass is 302 g/mol. The molecule has 0 aromatic heterocycles. The fraction of sp³-hybridized carbons (Fsp3) is 0.188. The topological polar surface area (TPSA) is 68.8 Å². The smallest absolute Gasteiger partial charge is 0.323 e. The van der Waals surface area contributed by atoms with Crippen molar-refractivity contribution in [3.63, 3.8) is 0 Å². The molecule has 0 saturated heterocycles. The number of ether oxygens (including phenoxy) is 3. The Morgan fingerprint density at radius 2 is 1.59 bits per heavy atom. The molecular formula is C16H18N2O4. The molecule has 0 fully saturated rings. The Morgan fingerprint density at radius 3 is 2.27 bits per heavy atom. The molecule has 6 heteroatoms. The summed E-state index contributed by atoms with van der Waals surface area (Å²) in [5, 5.41) is 5.45. The third kappa shape index (κ3) is 3.82. The van der Waals surface area contributed by atoms with E-state index in [-0.39, 0.29) is 6.03 Å². The zero-order chi connectivity index (χ0) is 15.9. The van der Waals surface area contributed by atoms with Crippen molar-refractivity contribution in [3.8, 4) is 17.2 Å². The van der Waals surface area contributed by atoms with Crippen LogP contribution in [0.3, 0.4) is 0 Å². The lowest BCUT2D eigenvalue weighted by atomic mass is 10.2. The molecule has 2 amide bonds. The normalized spacial score (nSPS) is 9.77. The SMILES string of the molecule is COc1cccc(NC(=O)Nc2cc(OC)ccc2OC)c1. The van der Waals surface area contributed by atoms with Crippen LogP contribution in [0, 0.1) is 0 Å². The van der Waals surface area contributed by atoms with Gasteiger partial charge in [-0.25, -0.2) is 4.79 Å². The minimum atomic E-state index is -0.389. The first kappa shape index (κ1) is 15.5. The van der Waals surface area contributed by atoms with E-state index in [2.05, 4.69) is 10.6 Å². The van der Waals surface area contributed by atoms with Gasteiger partial charge in [-0.15, -0.1) is 0 Å². The Bertz CT molecular complexity index is 658. The molecule has 0 bridgehead atoms. The highest BCUT2D eigenvalue weighted by Crippen LogP contribution is 2.29. The van der Waals surface area contributed by atoms with Crippen molar-refractivity contribution in [2.75, 3.05) is 32.0 Å². The molecule has 0 radical (unpaired) electrons. The van der Waals surface area contributed by atoms with Crippen LogP contribution in [0.2, 0.25) is 0 Å². The summed E-state index contributed by atoms with van der Waals surface area (Å²) in [6.45, 7) is 0. The molecule has 116 valence electrons. The molecule has 0 aliphatic rings. The van der Waals surface area contributed by atoms with Gasteiger partial charge in [-0.3, -0.25) is 0 Å². The molecule has 0 unspecified atom stereocenters. The molecule has 2 rings (SSSR count). The first-order valence-electron chi connectivity index (χ1n) is 6.60. The number of methoxy groups -OCH3 is 3. The second-order valence-electron chi connectivity index (χ2n) is 4.38. The van der Waals surface area contributed by atoms with E-state index in [1.807, 2.05) is 0 Å². The third-order valence-corrected chi connectivity index (χ3v) is 2.98. The largest absolute Gasteiger partial charge is 0.497 e. The zero-order valence-electron chi connectivity index (χ0n) is 12.7. The highest BCUT2D eigenvalue weighted by Gasteiger charge is 2.09. The molecular weight excluding hydrogens is 284 g/mol. The van der Waals surface area contributed by atoms with Gasteiger partial charge < -0.3 is 24.8 Å². The van der Waals surface area contributed by atoms with Gasteiger partial charge in [0.15, 0.2) is 0 Å². The van der Waals surface area contributed by atoms with Gasteiger partial charge in [0.25, 0.3) is 0 Å². The van der Waals surface area contributed by atoms with Crippen molar-refractivity contribution < 1.29 is 19.0 Å². The van der Waals surface area contributed by atoms with Gasteiger partial charge in [-0.2, -0.15) is 0 Å². The summed E-state index contributed by atoms with van der Waals surface area (Å²) in [6, 6.07) is 11.9. The van der Waals surface area contributed by atoms with Crippen LogP contribution in [0.25, 0.3) is 0 Å². The summed E-state index contributed by atoms with van der Waals surface area (Å²) < 4.78 is 15.5. The number of rotatable bonds is 5. The quantitative estimate of drug-likeness (QED) is 0.888. The Hall–Kier alpha value is -2.89. The van der Waals surface area contributed by atoms with E-state index >= 15 is 0 Å². The number of urea groups is 1. The van der Waals surface area contributed by atoms with Crippen molar-refractivity contribution in [1.82, 2.24) is 0 Å². The number of hydrogen-bond acceptors (Lipinski definition) is 4. The Morgan fingerprint density at radius 1 is 0.864 bits per heavy atom. The van der Waals surface area contributed by atoms with E-state index in [0.717, 1.165) is 0 Å². The number of nitrogens with one attached hydrogen (secondary N) is 2. The standard InChI is InChI=1S/C16H18N2O4/c1-20-12-6-4-5-11(9-12)17-16(19)18-14-10-13(21-2)7-8-15(14)22-3/h4-10H,1-3H3,(H2,17,18,19). The maximum Gasteiger partial charge on any atom is 0.323 e. The number of hydrogen-bond donors (Lipinski definition) is 2. The average Bonchev–Trinajstić information content (AvgIpc) is 2.54. The maximum atomic E-state index is 12.1. The van der Waals surface area contributed by atoms with Gasteiger partial charge in [0, 0.05) is 17.8 Å². The van der Waals surface area contributed by atoms with Gasteiger partial charge in [-0.1, -0.05) is 6.07 Å². The third-order valence-electron chi connectivity index (χ3n) is 2.98. The van der Waals surface area contributed by atoms with Gasteiger partial charge in [-0.05, 0) is 24.3 Å². The van der Waals surface area contributed by atoms with Crippen LogP contribution in [0.4, 0.5) is 16.2 Å². The minimum Gasteiger partial charge on any atom is -0.497 e. The van der Waals surface area contributed by atoms with E-state index < -0.39 is 0 Å². The predicted molar refractivity (Wildman–Crippen MR) is 85.2 cm³/mol. The summed E-state index contributed by atoms with van der Waals surface area (Å²) in [7, 11) is 4.66. The second kappa shape index (κ2) is 7.21. The average molecular weight is 302 g/mol. The molecule has 6 nitrogen and oxygen atoms in total. The molecule has 2 aromatic rings. The summed E-state index contributed by atoms with van der Waals surface area (Å²) >= 11 is 0. The molecule has 22 heavy (non-hydrogen) atoms. The fourth-order valence-electron chi connectivity index (χ4n) is 1.90. The number of carbonyl (C=O) groups is 1. The van der Waals surface area contributed by atoms with Crippen molar-refractivity contribution in [3.05, 3.63) is 42.5 Å². The first-order valence-corrected chi connectivity index (χ1v) is 6.60. The highest BCUT2D eigenvalue weighted by atomic mass is 16.5. The van der Waals surface area contributed by atoms with E-state index in [9.17, 15) is 4.79 Å². The van der Waals surface area contributed by atoms with Crippen LogP contribution >= 0.6 is 0 Å². The van der Waals surface area contributed by atoms with E-state index in [1.54, 1.807) is 56.7 Å². The van der Waals surface area contributed by atoms with Crippen LogP contribution in [0.5, 0.6) is 17.2 Å². The number of benzene rings is 2. The summed E-state index contributed by atoms with van der Waals surface area (Å²) in [5.41, 5.74) is 1.14. The summed E-state index contributed by atoms with van der Waals surface area (Å²) in [4.78, 5) is 12.1. The Kier molecular flexibility index (Phi) is 5.08. The van der Waals surface area contributed by atoms with Crippen molar-refractivity contribution in [1.29, 1.82) is 0 Å². The van der Waals surface area contributed by atoms with E-state index in [4.69, 9.17) is 14.2 Å². The first-order chi connectivity index (χ1) is 10.7. The summed E-state index contributed by atoms with van der Waals surface area (Å²) in [5.74, 6) is 1.83. The van der Waals surface area contributed by atoms with Crippen LogP contribution in [-0.2, 0) is 0 Å². The van der Waals surface area contributed by atoms with Crippen LogP contribution in [0.1, 0.15) is 0 Å². The van der Waals surface area contributed by atoms with Gasteiger partial charge in [0.05, 0.1) is 27.0 Å². The zero-order valence-corrected chi connectivity index (χ0v) is 12.7. The van der Waals surface area contributed by atoms with E-state index in [1.165, 1.54) is 7.11 Å². The molecule has 0 saturated carbocycles. The summed E-state index contributed by atoms with van der Waals surface area (Å²) in [6.07, 6.45) is 0. The lowest BCUT2D eigenvalue weighted by Gasteiger charge is -2.12. The van der Waals surface area contributed by atoms with Crippen LogP contribution in [-0.4, -0.2) is 27.4 Å². The molecule has 0 aliphatic carbocycles. The minimum absolute atomic E-state index is 0.389. The highest BCUT2D eigenvalue weighted by molar-refractivity contribution is 6.00.